The lowest BCUT2D eigenvalue weighted by Crippen LogP contribution is -2.15. The Hall–Kier alpha value is -3.69. The van der Waals surface area contributed by atoms with Crippen LogP contribution in [0.1, 0.15) is 22.8 Å². The molecule has 3 rings (SSSR count). The fourth-order valence-corrected chi connectivity index (χ4v) is 2.55. The number of alkyl halides is 3. The van der Waals surface area contributed by atoms with Crippen molar-refractivity contribution < 1.29 is 31.9 Å². The molecule has 0 spiro atoms. The number of nitrogens with zero attached hydrogens (tertiary/aromatic N) is 2. The van der Waals surface area contributed by atoms with E-state index in [-0.39, 0.29) is 16.9 Å². The summed E-state index contributed by atoms with van der Waals surface area (Å²) in [7, 11) is 0. The van der Waals surface area contributed by atoms with Gasteiger partial charge in [-0.3, -0.25) is 9.59 Å². The molecule has 0 aliphatic rings. The highest BCUT2D eigenvalue weighted by atomic mass is 19.4. The van der Waals surface area contributed by atoms with Gasteiger partial charge in [0.1, 0.15) is 0 Å². The van der Waals surface area contributed by atoms with E-state index in [9.17, 15) is 27.2 Å². The Morgan fingerprint density at radius 1 is 1.14 bits per heavy atom. The van der Waals surface area contributed by atoms with Gasteiger partial charge in [0.2, 0.25) is 0 Å². The van der Waals surface area contributed by atoms with E-state index in [1.807, 2.05) is 0 Å². The van der Waals surface area contributed by atoms with Crippen molar-refractivity contribution in [3.8, 4) is 11.4 Å². The van der Waals surface area contributed by atoms with Crippen molar-refractivity contribution in [2.75, 3.05) is 5.32 Å². The normalized spacial score (nSPS) is 11.2. The third kappa shape index (κ3) is 4.60. The molecule has 0 radical (unpaired) electrons. The van der Waals surface area contributed by atoms with Gasteiger partial charge in [0.15, 0.2) is 11.6 Å². The quantitative estimate of drug-likeness (QED) is 0.400. The molecule has 0 saturated heterocycles. The van der Waals surface area contributed by atoms with Crippen LogP contribution >= 0.6 is 0 Å². The van der Waals surface area contributed by atoms with Crippen molar-refractivity contribution in [1.82, 2.24) is 9.55 Å². The average Bonchev–Trinajstić information content (AvgIpc) is 3.17. The molecule has 0 aliphatic heterocycles. The van der Waals surface area contributed by atoms with Crippen LogP contribution in [0.15, 0.2) is 55.1 Å². The molecular formula is C19H13F4N3O3. The van der Waals surface area contributed by atoms with Crippen molar-refractivity contribution in [2.24, 2.45) is 0 Å². The van der Waals surface area contributed by atoms with Gasteiger partial charge in [-0.1, -0.05) is 0 Å². The molecule has 10 heteroatoms. The molecule has 0 unspecified atom stereocenters. The number of carbonyl (C=O) groups excluding carboxylic acids is 2. The highest BCUT2D eigenvalue weighted by Crippen LogP contribution is 2.35. The first kappa shape index (κ1) is 20.1. The smallest absolute Gasteiger partial charge is 0.418 e. The first-order valence-corrected chi connectivity index (χ1v) is 8.14. The zero-order valence-electron chi connectivity index (χ0n) is 14.8. The summed E-state index contributed by atoms with van der Waals surface area (Å²) in [6, 6.07) is 6.27. The van der Waals surface area contributed by atoms with E-state index in [1.54, 1.807) is 0 Å². The summed E-state index contributed by atoms with van der Waals surface area (Å²) in [6.07, 6.45) is -0.764. The van der Waals surface area contributed by atoms with Crippen molar-refractivity contribution >= 4 is 17.6 Å². The Kier molecular flexibility index (Phi) is 5.35. The second kappa shape index (κ2) is 7.74. The molecule has 0 fully saturated rings. The van der Waals surface area contributed by atoms with Gasteiger partial charge in [-0.25, -0.2) is 9.37 Å². The van der Waals surface area contributed by atoms with E-state index >= 15 is 0 Å². The number of hydrogen-bond donors (Lipinski definition) is 1. The maximum absolute atomic E-state index is 13.6. The second-order valence-corrected chi connectivity index (χ2v) is 5.89. The summed E-state index contributed by atoms with van der Waals surface area (Å²) in [5, 5.41) is 2.32. The molecule has 0 saturated carbocycles. The van der Waals surface area contributed by atoms with Crippen LogP contribution in [0.5, 0.6) is 5.75 Å². The molecule has 1 N–H and O–H groups in total. The van der Waals surface area contributed by atoms with E-state index in [4.69, 9.17) is 0 Å². The number of esters is 1. The molecule has 0 atom stereocenters. The van der Waals surface area contributed by atoms with Crippen LogP contribution in [0.3, 0.4) is 0 Å². The molecule has 6 nitrogen and oxygen atoms in total. The molecule has 0 aliphatic carbocycles. The SMILES string of the molecule is CC(=O)Oc1cc(C(=O)Nc2ccc(-n3ccnc3)c(C(F)(F)F)c2)ccc1F. The van der Waals surface area contributed by atoms with Gasteiger partial charge in [0.25, 0.3) is 5.91 Å². The zero-order valence-corrected chi connectivity index (χ0v) is 14.8. The summed E-state index contributed by atoms with van der Waals surface area (Å²) >= 11 is 0. The molecule has 150 valence electrons. The summed E-state index contributed by atoms with van der Waals surface area (Å²) in [4.78, 5) is 27.1. The predicted octanol–water partition coefficient (Wildman–Crippen LogP) is 4.21. The van der Waals surface area contributed by atoms with E-state index in [1.165, 1.54) is 35.4 Å². The summed E-state index contributed by atoms with van der Waals surface area (Å²) in [5.41, 5.74) is -1.36. The number of halogens is 4. The highest BCUT2D eigenvalue weighted by Gasteiger charge is 2.34. The van der Waals surface area contributed by atoms with Crippen LogP contribution in [0, 0.1) is 5.82 Å². The lowest BCUT2D eigenvalue weighted by atomic mass is 10.1. The maximum atomic E-state index is 13.6. The number of hydrogen-bond acceptors (Lipinski definition) is 4. The van der Waals surface area contributed by atoms with Gasteiger partial charge in [0, 0.05) is 30.6 Å². The number of carbonyl (C=O) groups is 2. The fourth-order valence-electron chi connectivity index (χ4n) is 2.55. The molecule has 1 aromatic heterocycles. The minimum atomic E-state index is -4.68. The van der Waals surface area contributed by atoms with Crippen LogP contribution in [0.4, 0.5) is 23.2 Å². The Labute approximate surface area is 161 Å². The van der Waals surface area contributed by atoms with E-state index in [0.717, 1.165) is 31.2 Å². The Morgan fingerprint density at radius 3 is 2.52 bits per heavy atom. The number of imidazole rings is 1. The molecule has 29 heavy (non-hydrogen) atoms. The molecule has 1 heterocycles. The first-order valence-electron chi connectivity index (χ1n) is 8.14. The Balaban J connectivity index is 1.90. The lowest BCUT2D eigenvalue weighted by molar-refractivity contribution is -0.137. The van der Waals surface area contributed by atoms with Gasteiger partial charge < -0.3 is 14.6 Å². The number of nitrogens with one attached hydrogen (secondary N) is 1. The van der Waals surface area contributed by atoms with E-state index < -0.39 is 35.2 Å². The number of benzene rings is 2. The van der Waals surface area contributed by atoms with E-state index in [2.05, 4.69) is 15.0 Å². The monoisotopic (exact) mass is 407 g/mol. The van der Waals surface area contributed by atoms with E-state index in [0.29, 0.717) is 0 Å². The topological polar surface area (TPSA) is 73.2 Å². The first-order chi connectivity index (χ1) is 13.6. The van der Waals surface area contributed by atoms with Gasteiger partial charge >= 0.3 is 12.1 Å². The minimum absolute atomic E-state index is 0.102. The van der Waals surface area contributed by atoms with Crippen LogP contribution in [-0.4, -0.2) is 21.4 Å². The zero-order chi connectivity index (χ0) is 21.2. The molecule has 0 bridgehead atoms. The average molecular weight is 407 g/mol. The van der Waals surface area contributed by atoms with Crippen molar-refractivity contribution in [3.63, 3.8) is 0 Å². The van der Waals surface area contributed by atoms with Gasteiger partial charge in [-0.05, 0) is 36.4 Å². The number of anilines is 1. The largest absolute Gasteiger partial charge is 0.424 e. The minimum Gasteiger partial charge on any atom is -0.424 e. The molecule has 3 aromatic rings. The highest BCUT2D eigenvalue weighted by molar-refractivity contribution is 6.04. The second-order valence-electron chi connectivity index (χ2n) is 5.89. The molecule has 2 aromatic carbocycles. The van der Waals surface area contributed by atoms with Crippen LogP contribution in [-0.2, 0) is 11.0 Å². The van der Waals surface area contributed by atoms with Crippen molar-refractivity contribution in [3.05, 3.63) is 72.1 Å². The van der Waals surface area contributed by atoms with Gasteiger partial charge in [-0.15, -0.1) is 0 Å². The van der Waals surface area contributed by atoms with Crippen LogP contribution in [0.25, 0.3) is 5.69 Å². The third-order valence-corrected chi connectivity index (χ3v) is 3.79. The van der Waals surface area contributed by atoms with Crippen molar-refractivity contribution in [1.29, 1.82) is 0 Å². The summed E-state index contributed by atoms with van der Waals surface area (Å²) in [6.45, 7) is 1.06. The van der Waals surface area contributed by atoms with Gasteiger partial charge in [-0.2, -0.15) is 13.2 Å². The predicted molar refractivity (Wildman–Crippen MR) is 94.2 cm³/mol. The number of amides is 1. The maximum Gasteiger partial charge on any atom is 0.418 e. The number of rotatable bonds is 4. The summed E-state index contributed by atoms with van der Waals surface area (Å²) in [5.74, 6) is -2.91. The van der Waals surface area contributed by atoms with Crippen LogP contribution < -0.4 is 10.1 Å². The Bertz CT molecular complexity index is 1060. The standard InChI is InChI=1S/C19H13F4N3O3/c1-11(27)29-17-8-12(2-4-15(17)20)18(28)25-13-3-5-16(26-7-6-24-10-26)14(9-13)19(21,22)23/h2-10H,1H3,(H,25,28). The molecule has 1 amide bonds. The van der Waals surface area contributed by atoms with Crippen molar-refractivity contribution in [2.45, 2.75) is 13.1 Å². The van der Waals surface area contributed by atoms with Crippen LogP contribution in [0.2, 0.25) is 0 Å². The number of aromatic nitrogens is 2. The lowest BCUT2D eigenvalue weighted by Gasteiger charge is -2.15. The Morgan fingerprint density at radius 2 is 1.90 bits per heavy atom. The third-order valence-electron chi connectivity index (χ3n) is 3.79. The summed E-state index contributed by atoms with van der Waals surface area (Å²) < 4.78 is 59.9. The number of ether oxygens (including phenoxy) is 1. The van der Waals surface area contributed by atoms with Gasteiger partial charge in [0.05, 0.1) is 17.6 Å². The fraction of sp³-hybridized carbons (Fsp3) is 0.105. The molecular weight excluding hydrogens is 394 g/mol.